The van der Waals surface area contributed by atoms with Crippen molar-refractivity contribution in [3.63, 3.8) is 0 Å². The Kier molecular flexibility index (Phi) is 5.79. The number of rotatable bonds is 4. The van der Waals surface area contributed by atoms with Gasteiger partial charge in [-0.3, -0.25) is 14.2 Å². The van der Waals surface area contributed by atoms with Crippen LogP contribution in [0.15, 0.2) is 46.3 Å². The molecule has 0 aliphatic heterocycles. The molecule has 3 aromatic rings. The topological polar surface area (TPSA) is 64.0 Å². The Hall–Kier alpha value is -2.02. The van der Waals surface area contributed by atoms with Crippen molar-refractivity contribution in [2.75, 3.05) is 5.32 Å². The van der Waals surface area contributed by atoms with E-state index in [2.05, 4.69) is 10.3 Å². The SMILES string of the molecule is Cc1ccc2nc(SC(C)C(=O)Nc3ccc(Cl)cc3Cl)n(C)c(=O)c2c1. The Balaban J connectivity index is 1.84. The van der Waals surface area contributed by atoms with Crippen LogP contribution in [-0.2, 0) is 11.8 Å². The Bertz CT molecular complexity index is 1100. The summed E-state index contributed by atoms with van der Waals surface area (Å²) in [5.74, 6) is -0.248. The molecule has 0 spiro atoms. The fourth-order valence-electron chi connectivity index (χ4n) is 2.51. The second kappa shape index (κ2) is 7.92. The molecule has 1 unspecified atom stereocenters. The normalized spacial score (nSPS) is 12.2. The lowest BCUT2D eigenvalue weighted by molar-refractivity contribution is -0.115. The second-order valence-electron chi connectivity index (χ2n) is 6.15. The maximum atomic E-state index is 12.6. The number of aromatic nitrogens is 2. The molecule has 2 aromatic carbocycles. The zero-order valence-electron chi connectivity index (χ0n) is 14.9. The van der Waals surface area contributed by atoms with Gasteiger partial charge in [-0.05, 0) is 44.2 Å². The number of carbonyl (C=O) groups is 1. The van der Waals surface area contributed by atoms with Gasteiger partial charge >= 0.3 is 0 Å². The summed E-state index contributed by atoms with van der Waals surface area (Å²) in [5, 5.41) is 4.17. The Labute approximate surface area is 170 Å². The van der Waals surface area contributed by atoms with Gasteiger partial charge in [0.05, 0.1) is 26.9 Å². The third kappa shape index (κ3) is 4.29. The zero-order chi connectivity index (χ0) is 19.7. The molecule has 1 aromatic heterocycles. The van der Waals surface area contributed by atoms with Crippen LogP contribution in [0.4, 0.5) is 5.69 Å². The number of nitrogens with zero attached hydrogens (tertiary/aromatic N) is 2. The summed E-state index contributed by atoms with van der Waals surface area (Å²) >= 11 is 13.2. The third-order valence-corrected chi connectivity index (χ3v) is 5.72. The molecule has 3 rings (SSSR count). The summed E-state index contributed by atoms with van der Waals surface area (Å²) in [6, 6.07) is 10.4. The molecular weight excluding hydrogens is 405 g/mol. The van der Waals surface area contributed by atoms with E-state index in [4.69, 9.17) is 23.2 Å². The van der Waals surface area contributed by atoms with Gasteiger partial charge in [0.15, 0.2) is 5.16 Å². The highest BCUT2D eigenvalue weighted by Gasteiger charge is 2.19. The number of amides is 1. The summed E-state index contributed by atoms with van der Waals surface area (Å²) in [5.41, 5.74) is 1.95. The molecule has 1 amide bonds. The Morgan fingerprint density at radius 1 is 1.22 bits per heavy atom. The number of hydrogen-bond acceptors (Lipinski definition) is 4. The van der Waals surface area contributed by atoms with Crippen molar-refractivity contribution in [3.05, 3.63) is 62.4 Å². The van der Waals surface area contributed by atoms with E-state index in [1.807, 2.05) is 25.1 Å². The molecule has 1 N–H and O–H groups in total. The molecule has 0 fully saturated rings. The highest BCUT2D eigenvalue weighted by atomic mass is 35.5. The maximum Gasteiger partial charge on any atom is 0.261 e. The number of hydrogen-bond donors (Lipinski definition) is 1. The third-order valence-electron chi connectivity index (χ3n) is 4.03. The number of fused-ring (bicyclic) bond motifs is 1. The minimum absolute atomic E-state index is 0.139. The molecule has 0 bridgehead atoms. The van der Waals surface area contributed by atoms with Crippen molar-refractivity contribution in [3.8, 4) is 0 Å². The smallest absolute Gasteiger partial charge is 0.261 e. The molecule has 5 nitrogen and oxygen atoms in total. The molecular formula is C19H17Cl2N3O2S. The fraction of sp³-hybridized carbons (Fsp3) is 0.211. The molecule has 0 saturated heterocycles. The predicted octanol–water partition coefficient (Wildman–Crippen LogP) is 4.67. The number of aryl methyl sites for hydroxylation is 1. The van der Waals surface area contributed by atoms with Crippen LogP contribution >= 0.6 is 35.0 Å². The number of halogens is 2. The van der Waals surface area contributed by atoms with Gasteiger partial charge in [-0.25, -0.2) is 4.98 Å². The first-order valence-electron chi connectivity index (χ1n) is 8.16. The second-order valence-corrected chi connectivity index (χ2v) is 8.30. The van der Waals surface area contributed by atoms with Crippen LogP contribution in [0.2, 0.25) is 10.0 Å². The van der Waals surface area contributed by atoms with Crippen molar-refractivity contribution in [1.29, 1.82) is 0 Å². The summed E-state index contributed by atoms with van der Waals surface area (Å²) < 4.78 is 1.46. The van der Waals surface area contributed by atoms with Crippen LogP contribution in [-0.4, -0.2) is 20.7 Å². The van der Waals surface area contributed by atoms with Gasteiger partial charge in [-0.2, -0.15) is 0 Å². The van der Waals surface area contributed by atoms with Crippen molar-refractivity contribution in [1.82, 2.24) is 9.55 Å². The molecule has 8 heteroatoms. The van der Waals surface area contributed by atoms with Gasteiger partial charge in [0.2, 0.25) is 5.91 Å². The zero-order valence-corrected chi connectivity index (χ0v) is 17.2. The lowest BCUT2D eigenvalue weighted by atomic mass is 10.2. The van der Waals surface area contributed by atoms with Crippen molar-refractivity contribution in [2.45, 2.75) is 24.3 Å². The monoisotopic (exact) mass is 421 g/mol. The van der Waals surface area contributed by atoms with E-state index in [1.165, 1.54) is 16.3 Å². The Morgan fingerprint density at radius 2 is 1.96 bits per heavy atom. The fourth-order valence-corrected chi connectivity index (χ4v) is 3.84. The molecule has 0 aliphatic carbocycles. The average molecular weight is 422 g/mol. The largest absolute Gasteiger partial charge is 0.324 e. The average Bonchev–Trinajstić information content (AvgIpc) is 2.62. The lowest BCUT2D eigenvalue weighted by Gasteiger charge is -2.15. The predicted molar refractivity (Wildman–Crippen MR) is 112 cm³/mol. The van der Waals surface area contributed by atoms with Gasteiger partial charge < -0.3 is 5.32 Å². The molecule has 0 radical (unpaired) electrons. The molecule has 140 valence electrons. The minimum Gasteiger partial charge on any atom is -0.324 e. The maximum absolute atomic E-state index is 12.6. The summed E-state index contributed by atoms with van der Waals surface area (Å²) in [6.45, 7) is 3.67. The van der Waals surface area contributed by atoms with E-state index < -0.39 is 5.25 Å². The molecule has 1 atom stereocenters. The number of nitrogens with one attached hydrogen (secondary N) is 1. The number of benzene rings is 2. The van der Waals surface area contributed by atoms with Crippen LogP contribution in [0.25, 0.3) is 10.9 Å². The van der Waals surface area contributed by atoms with Crippen LogP contribution < -0.4 is 10.9 Å². The van der Waals surface area contributed by atoms with Gasteiger partial charge in [-0.15, -0.1) is 0 Å². The summed E-state index contributed by atoms with van der Waals surface area (Å²) in [6.07, 6.45) is 0. The molecule has 27 heavy (non-hydrogen) atoms. The van der Waals surface area contributed by atoms with E-state index in [0.29, 0.717) is 31.8 Å². The molecule has 0 saturated carbocycles. The first-order chi connectivity index (χ1) is 12.8. The van der Waals surface area contributed by atoms with E-state index in [9.17, 15) is 9.59 Å². The quantitative estimate of drug-likeness (QED) is 0.490. The minimum atomic E-state index is -0.488. The number of thioether (sulfide) groups is 1. The number of anilines is 1. The van der Waals surface area contributed by atoms with Gasteiger partial charge in [0.1, 0.15) is 0 Å². The van der Waals surface area contributed by atoms with Gasteiger partial charge in [0.25, 0.3) is 5.56 Å². The van der Waals surface area contributed by atoms with Crippen molar-refractivity contribution in [2.24, 2.45) is 7.05 Å². The molecule has 1 heterocycles. The Morgan fingerprint density at radius 3 is 2.67 bits per heavy atom. The van der Waals surface area contributed by atoms with Crippen LogP contribution in [0, 0.1) is 6.92 Å². The van der Waals surface area contributed by atoms with Crippen LogP contribution in [0.1, 0.15) is 12.5 Å². The van der Waals surface area contributed by atoms with E-state index >= 15 is 0 Å². The van der Waals surface area contributed by atoms with Crippen molar-refractivity contribution < 1.29 is 4.79 Å². The highest BCUT2D eigenvalue weighted by molar-refractivity contribution is 8.00. The van der Waals surface area contributed by atoms with E-state index in [1.54, 1.807) is 32.2 Å². The summed E-state index contributed by atoms with van der Waals surface area (Å²) in [7, 11) is 1.65. The first kappa shape index (κ1) is 19.7. The van der Waals surface area contributed by atoms with Gasteiger partial charge in [-0.1, -0.05) is 46.6 Å². The highest BCUT2D eigenvalue weighted by Crippen LogP contribution is 2.27. The molecule has 0 aliphatic rings. The number of carbonyl (C=O) groups excluding carboxylic acids is 1. The standard InChI is InChI=1S/C19H17Cl2N3O2S/c1-10-4-6-15-13(8-10)18(26)24(3)19(23-15)27-11(2)17(25)22-16-7-5-12(20)9-14(16)21/h4-9,11H,1-3H3,(H,22,25). The van der Waals surface area contributed by atoms with Crippen molar-refractivity contribution >= 4 is 57.5 Å². The van der Waals surface area contributed by atoms with E-state index in [0.717, 1.165) is 5.56 Å². The van der Waals surface area contributed by atoms with Crippen LogP contribution in [0.5, 0.6) is 0 Å². The first-order valence-corrected chi connectivity index (χ1v) is 9.80. The lowest BCUT2D eigenvalue weighted by Crippen LogP contribution is -2.25. The van der Waals surface area contributed by atoms with E-state index in [-0.39, 0.29) is 11.5 Å². The van der Waals surface area contributed by atoms with Crippen LogP contribution in [0.3, 0.4) is 0 Å². The van der Waals surface area contributed by atoms with Gasteiger partial charge in [0, 0.05) is 12.1 Å². The summed E-state index contributed by atoms with van der Waals surface area (Å²) in [4.78, 5) is 29.7.